The summed E-state index contributed by atoms with van der Waals surface area (Å²) in [6.07, 6.45) is -0.00215. The Morgan fingerprint density at radius 1 is 1.37 bits per heavy atom. The lowest BCUT2D eigenvalue weighted by atomic mass is 10.2. The Kier molecular flexibility index (Phi) is 4.34. The number of aliphatic imine (C=N–C) groups is 1. The van der Waals surface area contributed by atoms with Gasteiger partial charge in [-0.1, -0.05) is 35.0 Å². The predicted molar refractivity (Wildman–Crippen MR) is 77.7 cm³/mol. The molecule has 0 bridgehead atoms. The van der Waals surface area contributed by atoms with Gasteiger partial charge in [0.25, 0.3) is 5.91 Å². The third-order valence-corrected chi connectivity index (χ3v) is 3.70. The van der Waals surface area contributed by atoms with Gasteiger partial charge in [-0.15, -0.1) is 0 Å². The van der Waals surface area contributed by atoms with Gasteiger partial charge in [-0.3, -0.25) is 9.59 Å². The highest BCUT2D eigenvalue weighted by Crippen LogP contribution is 2.25. The van der Waals surface area contributed by atoms with E-state index < -0.39 is 5.25 Å². The maximum Gasteiger partial charge on any atom is 0.262 e. The van der Waals surface area contributed by atoms with E-state index >= 15 is 0 Å². The van der Waals surface area contributed by atoms with E-state index in [1.165, 1.54) is 0 Å². The summed E-state index contributed by atoms with van der Waals surface area (Å²) in [4.78, 5) is 26.7. The maximum absolute atomic E-state index is 11.8. The van der Waals surface area contributed by atoms with Crippen LogP contribution in [0.2, 0.25) is 10.0 Å². The number of nitrogens with two attached hydrogens (primary N) is 1. The first-order chi connectivity index (χ1) is 8.94. The third kappa shape index (κ3) is 3.86. The number of amides is 2. The zero-order chi connectivity index (χ0) is 14.0. The van der Waals surface area contributed by atoms with Crippen LogP contribution in [0.3, 0.4) is 0 Å². The fourth-order valence-electron chi connectivity index (χ4n) is 1.54. The van der Waals surface area contributed by atoms with Crippen LogP contribution in [0.15, 0.2) is 23.2 Å². The summed E-state index contributed by atoms with van der Waals surface area (Å²) in [6, 6.07) is 4.70. The van der Waals surface area contributed by atoms with Crippen LogP contribution in [0.4, 0.5) is 5.69 Å². The number of carbonyl (C=O) groups is 2. The largest absolute Gasteiger partial charge is 0.378 e. The van der Waals surface area contributed by atoms with E-state index in [1.54, 1.807) is 18.2 Å². The molecule has 0 aromatic heterocycles. The van der Waals surface area contributed by atoms with Crippen LogP contribution in [0.1, 0.15) is 6.42 Å². The smallest absolute Gasteiger partial charge is 0.262 e. The molecule has 5 nitrogen and oxygen atoms in total. The second-order valence-corrected chi connectivity index (χ2v) is 5.90. The highest BCUT2D eigenvalue weighted by atomic mass is 35.5. The molecule has 1 unspecified atom stereocenters. The summed E-state index contributed by atoms with van der Waals surface area (Å²) in [5, 5.41) is 3.09. The topological polar surface area (TPSA) is 84.5 Å². The summed E-state index contributed by atoms with van der Waals surface area (Å²) in [5.74, 6) is -0.712. The summed E-state index contributed by atoms with van der Waals surface area (Å²) < 4.78 is 0. The minimum absolute atomic E-state index is 0.00215. The van der Waals surface area contributed by atoms with Crippen molar-refractivity contribution in [1.29, 1.82) is 0 Å². The van der Waals surface area contributed by atoms with Gasteiger partial charge in [0.1, 0.15) is 5.25 Å². The van der Waals surface area contributed by atoms with Crippen molar-refractivity contribution in [3.8, 4) is 0 Å². The molecule has 0 saturated heterocycles. The number of carbonyl (C=O) groups excluding carboxylic acids is 2. The van der Waals surface area contributed by atoms with E-state index in [1.807, 2.05) is 0 Å². The molecule has 3 N–H and O–H groups in total. The average Bonchev–Trinajstić information content (AvgIpc) is 2.55. The predicted octanol–water partition coefficient (Wildman–Crippen LogP) is 2.28. The molecule has 2 rings (SSSR count). The standard InChI is InChI=1S/C11H9Cl2N3O2S/c12-5-1-6(13)3-7(2-5)15-9(17)4-8-10(18)16-11(14)19-8/h1-3,8H,4H2,(H,15,17)(H2,14,16,18). The fraction of sp³-hybridized carbons (Fsp3) is 0.182. The van der Waals surface area contributed by atoms with Crippen molar-refractivity contribution in [2.45, 2.75) is 11.7 Å². The van der Waals surface area contributed by atoms with E-state index in [-0.39, 0.29) is 23.4 Å². The molecule has 8 heteroatoms. The van der Waals surface area contributed by atoms with Gasteiger partial charge in [-0.25, -0.2) is 0 Å². The molecule has 1 aromatic rings. The second kappa shape index (κ2) is 5.81. The number of benzene rings is 1. The van der Waals surface area contributed by atoms with Crippen LogP contribution < -0.4 is 11.1 Å². The Morgan fingerprint density at radius 3 is 2.53 bits per heavy atom. The Bertz CT molecular complexity index is 557. The van der Waals surface area contributed by atoms with Gasteiger partial charge in [0.15, 0.2) is 5.17 Å². The lowest BCUT2D eigenvalue weighted by Gasteiger charge is -2.08. The van der Waals surface area contributed by atoms with Crippen LogP contribution in [-0.4, -0.2) is 22.2 Å². The van der Waals surface area contributed by atoms with Crippen LogP contribution in [0.5, 0.6) is 0 Å². The molecule has 100 valence electrons. The molecular formula is C11H9Cl2N3O2S. The van der Waals surface area contributed by atoms with E-state index in [0.29, 0.717) is 15.7 Å². The Labute approximate surface area is 123 Å². The summed E-state index contributed by atoms with van der Waals surface area (Å²) in [7, 11) is 0. The molecule has 19 heavy (non-hydrogen) atoms. The number of amidine groups is 1. The monoisotopic (exact) mass is 317 g/mol. The number of anilines is 1. The maximum atomic E-state index is 11.8. The lowest BCUT2D eigenvalue weighted by Crippen LogP contribution is -2.21. The molecule has 0 spiro atoms. The lowest BCUT2D eigenvalue weighted by molar-refractivity contribution is -0.121. The highest BCUT2D eigenvalue weighted by molar-refractivity contribution is 8.15. The van der Waals surface area contributed by atoms with Gasteiger partial charge < -0.3 is 11.1 Å². The Balaban J connectivity index is 1.96. The van der Waals surface area contributed by atoms with E-state index in [4.69, 9.17) is 28.9 Å². The molecule has 1 atom stereocenters. The molecule has 0 aliphatic carbocycles. The normalized spacial score (nSPS) is 18.3. The molecule has 1 aromatic carbocycles. The van der Waals surface area contributed by atoms with Gasteiger partial charge in [-0.2, -0.15) is 4.99 Å². The zero-order valence-electron chi connectivity index (χ0n) is 9.52. The number of hydrogen-bond donors (Lipinski definition) is 2. The number of nitrogens with zero attached hydrogens (tertiary/aromatic N) is 1. The number of hydrogen-bond acceptors (Lipinski definition) is 4. The van der Waals surface area contributed by atoms with Crippen LogP contribution in [0.25, 0.3) is 0 Å². The number of nitrogens with one attached hydrogen (secondary N) is 1. The second-order valence-electron chi connectivity index (χ2n) is 3.81. The van der Waals surface area contributed by atoms with Gasteiger partial charge in [0, 0.05) is 22.2 Å². The fourth-order valence-corrected chi connectivity index (χ4v) is 2.89. The first-order valence-electron chi connectivity index (χ1n) is 5.24. The molecule has 1 aliphatic rings. The Hall–Kier alpha value is -1.24. The van der Waals surface area contributed by atoms with Gasteiger partial charge >= 0.3 is 0 Å². The van der Waals surface area contributed by atoms with Crippen molar-refractivity contribution in [2.75, 3.05) is 5.32 Å². The van der Waals surface area contributed by atoms with Crippen molar-refractivity contribution in [1.82, 2.24) is 0 Å². The number of thioether (sulfide) groups is 1. The van der Waals surface area contributed by atoms with Crippen LogP contribution >= 0.6 is 35.0 Å². The first kappa shape index (κ1) is 14.2. The van der Waals surface area contributed by atoms with Gasteiger partial charge in [0.05, 0.1) is 0 Å². The summed E-state index contributed by atoms with van der Waals surface area (Å²) in [5.41, 5.74) is 5.89. The Morgan fingerprint density at radius 2 is 2.00 bits per heavy atom. The molecule has 0 saturated carbocycles. The van der Waals surface area contributed by atoms with Crippen molar-refractivity contribution in [3.63, 3.8) is 0 Å². The summed E-state index contributed by atoms with van der Waals surface area (Å²) in [6.45, 7) is 0. The van der Waals surface area contributed by atoms with Crippen molar-refractivity contribution < 1.29 is 9.59 Å². The zero-order valence-corrected chi connectivity index (χ0v) is 11.9. The SMILES string of the molecule is NC1=NC(=O)C(CC(=O)Nc2cc(Cl)cc(Cl)c2)S1. The number of rotatable bonds is 3. The number of halogens is 2. The van der Waals surface area contributed by atoms with E-state index in [0.717, 1.165) is 11.8 Å². The van der Waals surface area contributed by atoms with Crippen LogP contribution in [-0.2, 0) is 9.59 Å². The van der Waals surface area contributed by atoms with Crippen molar-refractivity contribution >= 4 is 57.6 Å². The van der Waals surface area contributed by atoms with Crippen molar-refractivity contribution in [3.05, 3.63) is 28.2 Å². The average molecular weight is 318 g/mol. The summed E-state index contributed by atoms with van der Waals surface area (Å²) >= 11 is 12.7. The van der Waals surface area contributed by atoms with Gasteiger partial charge in [-0.05, 0) is 18.2 Å². The third-order valence-electron chi connectivity index (χ3n) is 2.28. The molecule has 0 radical (unpaired) electrons. The molecule has 1 heterocycles. The molecule has 2 amide bonds. The molecule has 1 aliphatic heterocycles. The minimum atomic E-state index is -0.561. The molecule has 0 fully saturated rings. The minimum Gasteiger partial charge on any atom is -0.378 e. The highest BCUT2D eigenvalue weighted by Gasteiger charge is 2.29. The van der Waals surface area contributed by atoms with Crippen LogP contribution in [0, 0.1) is 0 Å². The first-order valence-corrected chi connectivity index (χ1v) is 6.88. The van der Waals surface area contributed by atoms with Gasteiger partial charge in [0.2, 0.25) is 5.91 Å². The van der Waals surface area contributed by atoms with E-state index in [9.17, 15) is 9.59 Å². The molecular weight excluding hydrogens is 309 g/mol. The quantitative estimate of drug-likeness (QED) is 0.895. The van der Waals surface area contributed by atoms with E-state index in [2.05, 4.69) is 10.3 Å². The van der Waals surface area contributed by atoms with Crippen molar-refractivity contribution in [2.24, 2.45) is 10.7 Å².